The molecule has 0 unspecified atom stereocenters. The Morgan fingerprint density at radius 1 is 1.43 bits per heavy atom. The Morgan fingerprint density at radius 3 is 2.57 bits per heavy atom. The second kappa shape index (κ2) is 6.86. The van der Waals surface area contributed by atoms with Crippen LogP contribution >= 0.6 is 0 Å². The number of ether oxygens (including phenoxy) is 1. The first-order valence-electron chi connectivity index (χ1n) is 7.39. The predicted octanol–water partition coefficient (Wildman–Crippen LogP) is 0.413. The number of nitrogens with zero attached hydrogens (tertiary/aromatic N) is 1. The van der Waals surface area contributed by atoms with E-state index < -0.39 is 10.0 Å². The van der Waals surface area contributed by atoms with Crippen molar-refractivity contribution in [1.29, 1.82) is 0 Å². The highest BCUT2D eigenvalue weighted by Crippen LogP contribution is 2.34. The molecule has 0 radical (unpaired) electrons. The number of nitrogens with two attached hydrogens (primary N) is 1. The van der Waals surface area contributed by atoms with Crippen LogP contribution in [0.5, 0.6) is 5.75 Å². The normalized spacial score (nSPS) is 16.2. The van der Waals surface area contributed by atoms with Gasteiger partial charge in [-0.05, 0) is 51.1 Å². The molecule has 128 valence electrons. The third kappa shape index (κ3) is 4.43. The first-order valence-corrected chi connectivity index (χ1v) is 8.94. The number of benzene rings is 1. The summed E-state index contributed by atoms with van der Waals surface area (Å²) in [7, 11) is 1.52. The fourth-order valence-electron chi connectivity index (χ4n) is 2.59. The van der Waals surface area contributed by atoms with E-state index in [-0.39, 0.29) is 22.4 Å². The number of sulfonamides is 1. The van der Waals surface area contributed by atoms with Crippen LogP contribution in [0.2, 0.25) is 0 Å². The van der Waals surface area contributed by atoms with E-state index in [9.17, 15) is 13.2 Å². The molecular weight excluding hydrogens is 318 g/mol. The standard InChI is InChI=1S/C15H23N3O4S/c1-18(2)13(10-4-5-10)9-17-15(19)12-8-11(23(16,20)21)6-7-14(12)22-3/h6-8,10,13H,4-5,9H2,1-3H3,(H,17,19)(H2,16,20,21)/t13-/m1/s1. The van der Waals surface area contributed by atoms with Crippen LogP contribution in [-0.2, 0) is 10.0 Å². The Hall–Kier alpha value is -1.64. The quantitative estimate of drug-likeness (QED) is 0.748. The van der Waals surface area contributed by atoms with Gasteiger partial charge in [0.25, 0.3) is 5.91 Å². The van der Waals surface area contributed by atoms with Crippen molar-refractivity contribution in [3.8, 4) is 5.75 Å². The van der Waals surface area contributed by atoms with Gasteiger partial charge in [0, 0.05) is 12.6 Å². The lowest BCUT2D eigenvalue weighted by Gasteiger charge is -2.24. The third-order valence-electron chi connectivity index (χ3n) is 4.05. The lowest BCUT2D eigenvalue weighted by molar-refractivity contribution is 0.0935. The number of likely N-dealkylation sites (N-methyl/N-ethyl adjacent to an activating group) is 1. The summed E-state index contributed by atoms with van der Waals surface area (Å²) in [6, 6.07) is 4.26. The number of nitrogens with one attached hydrogen (secondary N) is 1. The first kappa shape index (κ1) is 17.7. The van der Waals surface area contributed by atoms with Gasteiger partial charge in [0.2, 0.25) is 10.0 Å². The van der Waals surface area contributed by atoms with Gasteiger partial charge in [0.05, 0.1) is 17.6 Å². The maximum Gasteiger partial charge on any atom is 0.255 e. The van der Waals surface area contributed by atoms with Crippen LogP contribution in [-0.4, -0.2) is 53.0 Å². The van der Waals surface area contributed by atoms with Crippen LogP contribution in [0.4, 0.5) is 0 Å². The first-order chi connectivity index (χ1) is 10.7. The molecule has 1 atom stereocenters. The zero-order valence-corrected chi connectivity index (χ0v) is 14.4. The van der Waals surface area contributed by atoms with Crippen LogP contribution in [0.15, 0.2) is 23.1 Å². The number of methoxy groups -OCH3 is 1. The number of hydrogen-bond acceptors (Lipinski definition) is 5. The molecule has 23 heavy (non-hydrogen) atoms. The summed E-state index contributed by atoms with van der Waals surface area (Å²) in [6.07, 6.45) is 2.34. The molecule has 0 spiro atoms. The Kier molecular flexibility index (Phi) is 5.28. The van der Waals surface area contributed by atoms with E-state index in [1.165, 1.54) is 38.2 Å². The zero-order valence-electron chi connectivity index (χ0n) is 13.6. The highest BCUT2D eigenvalue weighted by Gasteiger charge is 2.32. The number of amides is 1. The molecule has 8 heteroatoms. The van der Waals surface area contributed by atoms with Gasteiger partial charge in [0.1, 0.15) is 5.75 Å². The largest absolute Gasteiger partial charge is 0.496 e. The molecule has 0 aliphatic heterocycles. The molecule has 1 aromatic carbocycles. The SMILES string of the molecule is COc1ccc(S(N)(=O)=O)cc1C(=O)NC[C@H](C1CC1)N(C)C. The van der Waals surface area contributed by atoms with Crippen LogP contribution in [0, 0.1) is 5.92 Å². The minimum Gasteiger partial charge on any atom is -0.496 e. The van der Waals surface area contributed by atoms with Crippen molar-refractivity contribution in [2.24, 2.45) is 11.1 Å². The van der Waals surface area contributed by atoms with Crippen molar-refractivity contribution in [2.75, 3.05) is 27.7 Å². The van der Waals surface area contributed by atoms with E-state index in [2.05, 4.69) is 10.2 Å². The van der Waals surface area contributed by atoms with Crippen LogP contribution in [0.3, 0.4) is 0 Å². The van der Waals surface area contributed by atoms with E-state index in [0.29, 0.717) is 18.2 Å². The second-order valence-electron chi connectivity index (χ2n) is 5.99. The summed E-state index contributed by atoms with van der Waals surface area (Å²) < 4.78 is 28.1. The van der Waals surface area contributed by atoms with E-state index in [4.69, 9.17) is 9.88 Å². The topological polar surface area (TPSA) is 102 Å². The summed E-state index contributed by atoms with van der Waals surface area (Å²) >= 11 is 0. The van der Waals surface area contributed by atoms with Gasteiger partial charge in [-0.1, -0.05) is 0 Å². The van der Waals surface area contributed by atoms with Gasteiger partial charge in [-0.15, -0.1) is 0 Å². The summed E-state index contributed by atoms with van der Waals surface area (Å²) in [5.41, 5.74) is 0.160. The minimum atomic E-state index is -3.88. The number of rotatable bonds is 7. The van der Waals surface area contributed by atoms with Gasteiger partial charge < -0.3 is 15.0 Å². The van der Waals surface area contributed by atoms with Crippen molar-refractivity contribution in [3.63, 3.8) is 0 Å². The number of primary sulfonamides is 1. The van der Waals surface area contributed by atoms with Gasteiger partial charge in [-0.25, -0.2) is 13.6 Å². The number of carbonyl (C=O) groups is 1. The highest BCUT2D eigenvalue weighted by molar-refractivity contribution is 7.89. The number of carbonyl (C=O) groups excluding carboxylic acids is 1. The molecule has 0 saturated heterocycles. The van der Waals surface area contributed by atoms with Gasteiger partial charge >= 0.3 is 0 Å². The Morgan fingerprint density at radius 2 is 2.09 bits per heavy atom. The maximum absolute atomic E-state index is 12.4. The second-order valence-corrected chi connectivity index (χ2v) is 7.55. The average Bonchev–Trinajstić information content (AvgIpc) is 3.30. The molecule has 1 fully saturated rings. The van der Waals surface area contributed by atoms with Crippen molar-refractivity contribution >= 4 is 15.9 Å². The molecule has 0 bridgehead atoms. The molecule has 1 saturated carbocycles. The third-order valence-corrected chi connectivity index (χ3v) is 4.96. The molecule has 1 amide bonds. The molecule has 3 N–H and O–H groups in total. The van der Waals surface area contributed by atoms with Crippen molar-refractivity contribution < 1.29 is 17.9 Å². The average molecular weight is 341 g/mol. The minimum absolute atomic E-state index is 0.116. The smallest absolute Gasteiger partial charge is 0.255 e. The van der Waals surface area contributed by atoms with Crippen LogP contribution in [0.1, 0.15) is 23.2 Å². The van der Waals surface area contributed by atoms with E-state index in [1.54, 1.807) is 0 Å². The fraction of sp³-hybridized carbons (Fsp3) is 0.533. The van der Waals surface area contributed by atoms with Crippen molar-refractivity contribution in [1.82, 2.24) is 10.2 Å². The number of hydrogen-bond donors (Lipinski definition) is 2. The lowest BCUT2D eigenvalue weighted by atomic mass is 10.1. The Bertz CT molecular complexity index is 682. The fourth-order valence-corrected chi connectivity index (χ4v) is 3.13. The molecule has 1 aliphatic rings. The summed E-state index contributed by atoms with van der Waals surface area (Å²) in [4.78, 5) is 14.4. The molecule has 0 aromatic heterocycles. The highest BCUT2D eigenvalue weighted by atomic mass is 32.2. The monoisotopic (exact) mass is 341 g/mol. The van der Waals surface area contributed by atoms with Crippen molar-refractivity contribution in [2.45, 2.75) is 23.8 Å². The molecule has 1 aliphatic carbocycles. The van der Waals surface area contributed by atoms with Crippen molar-refractivity contribution in [3.05, 3.63) is 23.8 Å². The predicted molar refractivity (Wildman–Crippen MR) is 86.9 cm³/mol. The Labute approximate surface area is 136 Å². The summed E-state index contributed by atoms with van der Waals surface area (Å²) in [5.74, 6) is 0.533. The van der Waals surface area contributed by atoms with Gasteiger partial charge in [0.15, 0.2) is 0 Å². The maximum atomic E-state index is 12.4. The molecule has 7 nitrogen and oxygen atoms in total. The molecule has 1 aromatic rings. The summed E-state index contributed by atoms with van der Waals surface area (Å²) in [5, 5.41) is 7.98. The molecular formula is C15H23N3O4S. The Balaban J connectivity index is 2.17. The van der Waals surface area contributed by atoms with Crippen LogP contribution in [0.25, 0.3) is 0 Å². The van der Waals surface area contributed by atoms with Gasteiger partial charge in [-0.3, -0.25) is 4.79 Å². The van der Waals surface area contributed by atoms with Crippen LogP contribution < -0.4 is 15.2 Å². The lowest BCUT2D eigenvalue weighted by Crippen LogP contribution is -2.41. The van der Waals surface area contributed by atoms with E-state index in [1.807, 2.05) is 14.1 Å². The van der Waals surface area contributed by atoms with Gasteiger partial charge in [-0.2, -0.15) is 0 Å². The van der Waals surface area contributed by atoms with E-state index in [0.717, 1.165) is 0 Å². The zero-order chi connectivity index (χ0) is 17.2. The molecule has 0 heterocycles. The molecule has 2 rings (SSSR count). The van der Waals surface area contributed by atoms with E-state index >= 15 is 0 Å². The summed E-state index contributed by atoms with van der Waals surface area (Å²) in [6.45, 7) is 0.499.